The number of thioether (sulfide) groups is 1. The molecular weight excluding hydrogens is 362 g/mol. The Bertz CT molecular complexity index is 893. The van der Waals surface area contributed by atoms with E-state index in [4.69, 9.17) is 4.74 Å². The first-order valence-electron chi connectivity index (χ1n) is 9.09. The molecule has 0 radical (unpaired) electrons. The van der Waals surface area contributed by atoms with Crippen LogP contribution in [0.1, 0.15) is 19.3 Å². The summed E-state index contributed by atoms with van der Waals surface area (Å²) in [6, 6.07) is 13.7. The van der Waals surface area contributed by atoms with Crippen LogP contribution in [-0.2, 0) is 14.3 Å². The lowest BCUT2D eigenvalue weighted by molar-refractivity contribution is -0.122. The van der Waals surface area contributed by atoms with Gasteiger partial charge < -0.3 is 15.4 Å². The lowest BCUT2D eigenvalue weighted by Gasteiger charge is -2.08. The molecule has 140 valence electrons. The summed E-state index contributed by atoms with van der Waals surface area (Å²) in [5.41, 5.74) is 0.731. The fraction of sp³-hybridized carbons (Fsp3) is 0.350. The van der Waals surface area contributed by atoms with Crippen LogP contribution in [0.25, 0.3) is 10.8 Å². The zero-order chi connectivity index (χ0) is 18.6. The standard InChI is InChI=1S/C20H21N3O3S/c24-18(22-15-8-7-13-4-1-2-5-14(13)10-15)11-17-19(25)23-20(27-17)21-12-16-6-3-9-26-16/h1-2,4-5,7-8,10,16-17H,3,6,9,11-12H2,(H,22,24)(H,21,23,25)/t16-,17-/m1/s1. The van der Waals surface area contributed by atoms with Gasteiger partial charge in [0.25, 0.3) is 0 Å². The van der Waals surface area contributed by atoms with E-state index in [0.29, 0.717) is 11.7 Å². The maximum Gasteiger partial charge on any atom is 0.240 e. The van der Waals surface area contributed by atoms with Gasteiger partial charge in [-0.1, -0.05) is 42.1 Å². The van der Waals surface area contributed by atoms with Crippen LogP contribution in [0.4, 0.5) is 5.69 Å². The fourth-order valence-corrected chi connectivity index (χ4v) is 4.21. The average molecular weight is 383 g/mol. The average Bonchev–Trinajstić information content (AvgIpc) is 3.30. The molecule has 2 fully saturated rings. The van der Waals surface area contributed by atoms with Crippen molar-refractivity contribution >= 4 is 45.2 Å². The lowest BCUT2D eigenvalue weighted by atomic mass is 10.1. The van der Waals surface area contributed by atoms with Crippen molar-refractivity contribution in [2.45, 2.75) is 30.6 Å². The molecule has 2 aromatic carbocycles. The summed E-state index contributed by atoms with van der Waals surface area (Å²) in [7, 11) is 0. The largest absolute Gasteiger partial charge is 0.376 e. The van der Waals surface area contributed by atoms with E-state index in [1.54, 1.807) is 0 Å². The van der Waals surface area contributed by atoms with Gasteiger partial charge in [0.15, 0.2) is 5.17 Å². The Morgan fingerprint density at radius 3 is 2.93 bits per heavy atom. The first-order chi connectivity index (χ1) is 13.2. The molecule has 4 rings (SSSR count). The first kappa shape index (κ1) is 18.0. The number of carbonyl (C=O) groups is 2. The molecule has 0 unspecified atom stereocenters. The van der Waals surface area contributed by atoms with E-state index in [9.17, 15) is 9.59 Å². The van der Waals surface area contributed by atoms with Gasteiger partial charge >= 0.3 is 0 Å². The SMILES string of the molecule is O=C(C[C@H]1SC(=NC[C@H]2CCCO2)NC1=O)Nc1ccc2ccccc2c1. The van der Waals surface area contributed by atoms with Crippen molar-refractivity contribution in [2.75, 3.05) is 18.5 Å². The third-order valence-electron chi connectivity index (χ3n) is 4.64. The quantitative estimate of drug-likeness (QED) is 0.832. The number of hydrogen-bond donors (Lipinski definition) is 2. The zero-order valence-electron chi connectivity index (χ0n) is 14.8. The van der Waals surface area contributed by atoms with Crippen LogP contribution in [0.3, 0.4) is 0 Å². The number of hydrogen-bond acceptors (Lipinski definition) is 5. The predicted molar refractivity (Wildman–Crippen MR) is 108 cm³/mol. The van der Waals surface area contributed by atoms with Crippen molar-refractivity contribution in [3.8, 4) is 0 Å². The number of amides is 2. The number of anilines is 1. The molecule has 2 aromatic rings. The number of carbonyl (C=O) groups excluding carboxylic acids is 2. The molecule has 27 heavy (non-hydrogen) atoms. The highest BCUT2D eigenvalue weighted by Crippen LogP contribution is 2.24. The maximum absolute atomic E-state index is 12.4. The van der Waals surface area contributed by atoms with Crippen LogP contribution < -0.4 is 10.6 Å². The van der Waals surface area contributed by atoms with Crippen LogP contribution in [0.5, 0.6) is 0 Å². The number of benzene rings is 2. The van der Waals surface area contributed by atoms with Gasteiger partial charge in [-0.25, -0.2) is 0 Å². The molecule has 7 heteroatoms. The van der Waals surface area contributed by atoms with Crippen LogP contribution >= 0.6 is 11.8 Å². The van der Waals surface area contributed by atoms with Crippen molar-refractivity contribution in [1.29, 1.82) is 0 Å². The Labute approximate surface area is 161 Å². The summed E-state index contributed by atoms with van der Waals surface area (Å²) in [5, 5.41) is 7.95. The van der Waals surface area contributed by atoms with Crippen LogP contribution in [0, 0.1) is 0 Å². The number of nitrogens with one attached hydrogen (secondary N) is 2. The van der Waals surface area contributed by atoms with Gasteiger partial charge in [0, 0.05) is 18.7 Å². The third kappa shape index (κ3) is 4.48. The molecule has 2 atom stereocenters. The number of rotatable bonds is 5. The van der Waals surface area contributed by atoms with Gasteiger partial charge in [-0.2, -0.15) is 0 Å². The van der Waals surface area contributed by atoms with Gasteiger partial charge in [0.05, 0.1) is 12.6 Å². The smallest absolute Gasteiger partial charge is 0.240 e. The number of nitrogens with zero attached hydrogens (tertiary/aromatic N) is 1. The Morgan fingerprint density at radius 1 is 1.26 bits per heavy atom. The Hall–Kier alpha value is -2.38. The minimum Gasteiger partial charge on any atom is -0.376 e. The molecule has 0 aromatic heterocycles. The highest BCUT2D eigenvalue weighted by molar-refractivity contribution is 8.15. The molecule has 2 aliphatic rings. The van der Waals surface area contributed by atoms with E-state index in [1.807, 2.05) is 42.5 Å². The number of amidine groups is 1. The maximum atomic E-state index is 12.4. The van der Waals surface area contributed by atoms with Gasteiger partial charge in [0.1, 0.15) is 5.25 Å². The van der Waals surface area contributed by atoms with Gasteiger partial charge in [-0.3, -0.25) is 14.6 Å². The van der Waals surface area contributed by atoms with E-state index >= 15 is 0 Å². The van der Waals surface area contributed by atoms with E-state index in [2.05, 4.69) is 15.6 Å². The van der Waals surface area contributed by atoms with E-state index < -0.39 is 5.25 Å². The molecular formula is C20H21N3O3S. The number of fused-ring (bicyclic) bond motifs is 1. The summed E-state index contributed by atoms with van der Waals surface area (Å²) in [6.45, 7) is 1.34. The molecule has 2 N–H and O–H groups in total. The van der Waals surface area contributed by atoms with Crippen molar-refractivity contribution < 1.29 is 14.3 Å². The second kappa shape index (κ2) is 8.10. The molecule has 0 aliphatic carbocycles. The molecule has 2 heterocycles. The Kier molecular flexibility index (Phi) is 5.40. The molecule has 0 saturated carbocycles. The lowest BCUT2D eigenvalue weighted by Crippen LogP contribution is -2.28. The summed E-state index contributed by atoms with van der Waals surface area (Å²) < 4.78 is 5.53. The molecule has 0 spiro atoms. The van der Waals surface area contributed by atoms with Crippen LogP contribution in [-0.4, -0.2) is 41.5 Å². The van der Waals surface area contributed by atoms with Crippen molar-refractivity contribution in [2.24, 2.45) is 4.99 Å². The second-order valence-corrected chi connectivity index (χ2v) is 7.88. The molecule has 0 bridgehead atoms. The monoisotopic (exact) mass is 383 g/mol. The number of aliphatic imine (C=N–C) groups is 1. The summed E-state index contributed by atoms with van der Waals surface area (Å²) in [6.07, 6.45) is 2.33. The third-order valence-corrected chi connectivity index (χ3v) is 5.76. The summed E-state index contributed by atoms with van der Waals surface area (Å²) in [4.78, 5) is 28.9. The van der Waals surface area contributed by atoms with Gasteiger partial charge in [0.2, 0.25) is 11.8 Å². The topological polar surface area (TPSA) is 79.8 Å². The van der Waals surface area contributed by atoms with Crippen molar-refractivity contribution in [3.05, 3.63) is 42.5 Å². The van der Waals surface area contributed by atoms with E-state index in [-0.39, 0.29) is 24.3 Å². The summed E-state index contributed by atoms with van der Waals surface area (Å²) in [5.74, 6) is -0.349. The van der Waals surface area contributed by atoms with Gasteiger partial charge in [-0.05, 0) is 35.7 Å². The van der Waals surface area contributed by atoms with E-state index in [1.165, 1.54) is 11.8 Å². The Balaban J connectivity index is 1.33. The van der Waals surface area contributed by atoms with Crippen LogP contribution in [0.15, 0.2) is 47.5 Å². The molecule has 2 saturated heterocycles. The van der Waals surface area contributed by atoms with Crippen molar-refractivity contribution in [1.82, 2.24) is 5.32 Å². The first-order valence-corrected chi connectivity index (χ1v) is 9.97. The molecule has 2 aliphatic heterocycles. The van der Waals surface area contributed by atoms with E-state index in [0.717, 1.165) is 35.9 Å². The minimum atomic E-state index is -0.450. The Morgan fingerprint density at radius 2 is 2.11 bits per heavy atom. The summed E-state index contributed by atoms with van der Waals surface area (Å²) >= 11 is 1.32. The zero-order valence-corrected chi connectivity index (χ0v) is 15.6. The number of ether oxygens (including phenoxy) is 1. The highest BCUT2D eigenvalue weighted by Gasteiger charge is 2.32. The minimum absolute atomic E-state index is 0.113. The second-order valence-electron chi connectivity index (χ2n) is 6.69. The van der Waals surface area contributed by atoms with Crippen LogP contribution in [0.2, 0.25) is 0 Å². The molecule has 6 nitrogen and oxygen atoms in total. The molecule has 2 amide bonds. The normalized spacial score (nSPS) is 23.7. The van der Waals surface area contributed by atoms with Gasteiger partial charge in [-0.15, -0.1) is 0 Å². The predicted octanol–water partition coefficient (Wildman–Crippen LogP) is 2.94. The fourth-order valence-electron chi connectivity index (χ4n) is 3.24. The van der Waals surface area contributed by atoms with Crippen molar-refractivity contribution in [3.63, 3.8) is 0 Å². The highest BCUT2D eigenvalue weighted by atomic mass is 32.2.